The van der Waals surface area contributed by atoms with Gasteiger partial charge in [-0.1, -0.05) is 13.8 Å². The molecule has 4 heteroatoms. The number of nitrogens with one attached hydrogen (secondary N) is 1. The average molecular weight is 185 g/mol. The fourth-order valence-electron chi connectivity index (χ4n) is 1.06. The Kier molecular flexibility index (Phi) is 3.17. The van der Waals surface area contributed by atoms with Gasteiger partial charge in [0.2, 0.25) is 0 Å². The van der Waals surface area contributed by atoms with Gasteiger partial charge in [0.15, 0.2) is 0 Å². The van der Waals surface area contributed by atoms with Crippen LogP contribution in [0.3, 0.4) is 0 Å². The quantitative estimate of drug-likeness (QED) is 0.781. The van der Waals surface area contributed by atoms with E-state index in [0.717, 1.165) is 10.0 Å². The molecule has 0 saturated carbocycles. The summed E-state index contributed by atoms with van der Waals surface area (Å²) in [6.45, 7) is 8.35. The molecular formula is C8H15N3S. The van der Waals surface area contributed by atoms with Gasteiger partial charge in [0.05, 0.1) is 6.04 Å². The monoisotopic (exact) mass is 185 g/mol. The first-order chi connectivity index (χ1) is 5.59. The number of nitrogens with zero attached hydrogens (tertiary/aromatic N) is 2. The Labute approximate surface area is 77.2 Å². The van der Waals surface area contributed by atoms with Gasteiger partial charge in [-0.2, -0.15) is 0 Å². The summed E-state index contributed by atoms with van der Waals surface area (Å²) in [6.07, 6.45) is 0. The van der Waals surface area contributed by atoms with Crippen LogP contribution in [-0.2, 0) is 0 Å². The molecule has 1 N–H and O–H groups in total. The van der Waals surface area contributed by atoms with E-state index >= 15 is 0 Å². The number of rotatable bonds is 3. The van der Waals surface area contributed by atoms with Gasteiger partial charge in [-0.25, -0.2) is 0 Å². The molecule has 0 amide bonds. The van der Waals surface area contributed by atoms with Gasteiger partial charge < -0.3 is 5.32 Å². The second-order valence-corrected chi connectivity index (χ2v) is 4.42. The van der Waals surface area contributed by atoms with Gasteiger partial charge >= 0.3 is 0 Å². The van der Waals surface area contributed by atoms with E-state index in [-0.39, 0.29) is 0 Å². The highest BCUT2D eigenvalue weighted by Gasteiger charge is 2.10. The maximum Gasteiger partial charge on any atom is 0.134 e. The molecule has 1 rings (SSSR count). The minimum absolute atomic E-state index is 0.316. The molecule has 0 bridgehead atoms. The third kappa shape index (κ3) is 2.53. The number of aryl methyl sites for hydroxylation is 1. The largest absolute Gasteiger partial charge is 0.306 e. The fraction of sp³-hybridized carbons (Fsp3) is 0.750. The molecule has 0 aromatic carbocycles. The molecule has 12 heavy (non-hydrogen) atoms. The molecule has 1 atom stereocenters. The van der Waals surface area contributed by atoms with Crippen molar-refractivity contribution >= 4 is 11.3 Å². The molecule has 0 radical (unpaired) electrons. The average Bonchev–Trinajstić information content (AvgIpc) is 2.34. The Morgan fingerprint density at radius 2 is 1.92 bits per heavy atom. The number of hydrogen-bond donors (Lipinski definition) is 1. The number of hydrogen-bond acceptors (Lipinski definition) is 4. The lowest BCUT2D eigenvalue weighted by atomic mass is 10.3. The molecule has 0 spiro atoms. The van der Waals surface area contributed by atoms with E-state index in [1.165, 1.54) is 0 Å². The van der Waals surface area contributed by atoms with E-state index in [9.17, 15) is 0 Å². The summed E-state index contributed by atoms with van der Waals surface area (Å²) >= 11 is 1.65. The zero-order chi connectivity index (χ0) is 9.14. The Hall–Kier alpha value is -0.480. The lowest BCUT2D eigenvalue weighted by molar-refractivity contribution is 0.502. The highest BCUT2D eigenvalue weighted by atomic mass is 32.1. The van der Waals surface area contributed by atoms with Crippen LogP contribution >= 0.6 is 11.3 Å². The Morgan fingerprint density at radius 1 is 1.25 bits per heavy atom. The molecule has 0 aliphatic heterocycles. The van der Waals surface area contributed by atoms with Crippen LogP contribution in [0.2, 0.25) is 0 Å². The van der Waals surface area contributed by atoms with E-state index in [4.69, 9.17) is 0 Å². The predicted octanol–water partition coefficient (Wildman–Crippen LogP) is 1.91. The molecular weight excluding hydrogens is 170 g/mol. The van der Waals surface area contributed by atoms with Crippen molar-refractivity contribution in [3.63, 3.8) is 0 Å². The van der Waals surface area contributed by atoms with Crippen LogP contribution < -0.4 is 5.32 Å². The maximum atomic E-state index is 4.07. The second kappa shape index (κ2) is 3.96. The summed E-state index contributed by atoms with van der Waals surface area (Å²) in [6, 6.07) is 0.806. The molecule has 3 nitrogen and oxygen atoms in total. The molecule has 1 aromatic heterocycles. The number of aromatic nitrogens is 2. The topological polar surface area (TPSA) is 37.8 Å². The van der Waals surface area contributed by atoms with Crippen molar-refractivity contribution in [3.05, 3.63) is 10.0 Å². The molecule has 0 saturated heterocycles. The Balaban J connectivity index is 2.58. The maximum absolute atomic E-state index is 4.07. The highest BCUT2D eigenvalue weighted by molar-refractivity contribution is 7.11. The summed E-state index contributed by atoms with van der Waals surface area (Å²) in [4.78, 5) is 0. The minimum atomic E-state index is 0.316. The van der Waals surface area contributed by atoms with Gasteiger partial charge in [0.25, 0.3) is 0 Å². The summed E-state index contributed by atoms with van der Waals surface area (Å²) in [5.41, 5.74) is 0. The smallest absolute Gasteiger partial charge is 0.134 e. The van der Waals surface area contributed by atoms with Gasteiger partial charge in [-0.3, -0.25) is 0 Å². The van der Waals surface area contributed by atoms with Crippen molar-refractivity contribution in [2.75, 3.05) is 0 Å². The molecule has 0 aliphatic carbocycles. The molecule has 1 unspecified atom stereocenters. The van der Waals surface area contributed by atoms with Crippen LogP contribution in [0.5, 0.6) is 0 Å². The van der Waals surface area contributed by atoms with Crippen molar-refractivity contribution in [1.29, 1.82) is 0 Å². The Morgan fingerprint density at radius 3 is 2.33 bits per heavy atom. The first-order valence-corrected chi connectivity index (χ1v) is 4.97. The fourth-order valence-corrected chi connectivity index (χ4v) is 1.77. The zero-order valence-electron chi connectivity index (χ0n) is 7.96. The van der Waals surface area contributed by atoms with E-state index in [2.05, 4.69) is 36.3 Å². The van der Waals surface area contributed by atoms with Crippen LogP contribution in [0.15, 0.2) is 0 Å². The van der Waals surface area contributed by atoms with Crippen molar-refractivity contribution < 1.29 is 0 Å². The van der Waals surface area contributed by atoms with Crippen LogP contribution in [0.4, 0.5) is 0 Å². The SMILES string of the molecule is Cc1nnc(C(C)NC(C)C)s1. The Bertz CT molecular complexity index is 244. The summed E-state index contributed by atoms with van der Waals surface area (Å²) < 4.78 is 0. The van der Waals surface area contributed by atoms with Crippen molar-refractivity contribution in [1.82, 2.24) is 15.5 Å². The molecule has 1 aromatic rings. The highest BCUT2D eigenvalue weighted by Crippen LogP contribution is 2.16. The van der Waals surface area contributed by atoms with Crippen LogP contribution in [0.1, 0.15) is 36.8 Å². The molecule has 0 aliphatic rings. The predicted molar refractivity (Wildman–Crippen MR) is 51.3 cm³/mol. The first-order valence-electron chi connectivity index (χ1n) is 4.15. The lowest BCUT2D eigenvalue weighted by Gasteiger charge is -2.13. The van der Waals surface area contributed by atoms with Crippen molar-refractivity contribution in [3.8, 4) is 0 Å². The lowest BCUT2D eigenvalue weighted by Crippen LogP contribution is -2.25. The molecule has 0 fully saturated rings. The molecule has 68 valence electrons. The van der Waals surface area contributed by atoms with Gasteiger partial charge in [-0.05, 0) is 13.8 Å². The summed E-state index contributed by atoms with van der Waals surface area (Å²) in [7, 11) is 0. The van der Waals surface area contributed by atoms with E-state index < -0.39 is 0 Å². The molecule has 1 heterocycles. The zero-order valence-corrected chi connectivity index (χ0v) is 8.77. The third-order valence-corrected chi connectivity index (χ3v) is 2.52. The van der Waals surface area contributed by atoms with Crippen LogP contribution in [-0.4, -0.2) is 16.2 Å². The van der Waals surface area contributed by atoms with Gasteiger partial charge in [0.1, 0.15) is 10.0 Å². The van der Waals surface area contributed by atoms with E-state index in [1.54, 1.807) is 11.3 Å². The van der Waals surface area contributed by atoms with E-state index in [0.29, 0.717) is 12.1 Å². The van der Waals surface area contributed by atoms with Gasteiger partial charge in [0, 0.05) is 6.04 Å². The van der Waals surface area contributed by atoms with Crippen LogP contribution in [0, 0.1) is 6.92 Å². The van der Waals surface area contributed by atoms with Crippen molar-refractivity contribution in [2.45, 2.75) is 39.8 Å². The van der Waals surface area contributed by atoms with Gasteiger partial charge in [-0.15, -0.1) is 21.5 Å². The van der Waals surface area contributed by atoms with E-state index in [1.807, 2.05) is 6.92 Å². The second-order valence-electron chi connectivity index (χ2n) is 3.20. The first kappa shape index (κ1) is 9.61. The minimum Gasteiger partial charge on any atom is -0.306 e. The summed E-state index contributed by atoms with van der Waals surface area (Å²) in [5, 5.41) is 13.5. The standard InChI is InChI=1S/C8H15N3S/c1-5(2)9-6(3)8-11-10-7(4)12-8/h5-6,9H,1-4H3. The summed E-state index contributed by atoms with van der Waals surface area (Å²) in [5.74, 6) is 0. The van der Waals surface area contributed by atoms with Crippen molar-refractivity contribution in [2.24, 2.45) is 0 Å². The normalized spacial score (nSPS) is 13.8. The van der Waals surface area contributed by atoms with Crippen LogP contribution in [0.25, 0.3) is 0 Å². The third-order valence-electron chi connectivity index (χ3n) is 1.50.